The van der Waals surface area contributed by atoms with E-state index in [2.05, 4.69) is 55.2 Å². The van der Waals surface area contributed by atoms with Crippen LogP contribution >= 0.6 is 34.2 Å². The molecule has 1 aliphatic heterocycles. The topological polar surface area (TPSA) is 30.3 Å². The van der Waals surface area contributed by atoms with Crippen molar-refractivity contribution in [3.63, 3.8) is 0 Å². The van der Waals surface area contributed by atoms with Crippen molar-refractivity contribution in [1.29, 1.82) is 0 Å². The molecule has 21 heavy (non-hydrogen) atoms. The monoisotopic (exact) mass is 419 g/mol. The zero-order valence-corrected chi connectivity index (χ0v) is 14.8. The van der Waals surface area contributed by atoms with Crippen LogP contribution in [0.1, 0.15) is 12.2 Å². The van der Waals surface area contributed by atoms with Crippen molar-refractivity contribution in [1.82, 2.24) is 14.5 Å². The Bertz CT molecular complexity index is 610. The van der Waals surface area contributed by atoms with E-state index in [0.29, 0.717) is 5.88 Å². The quantitative estimate of drug-likeness (QED) is 0.551. The van der Waals surface area contributed by atoms with Crippen LogP contribution in [0.25, 0.3) is 11.0 Å². The number of halogens is 2. The summed E-state index contributed by atoms with van der Waals surface area (Å²) in [5.74, 6) is 1.43. The number of aromatic nitrogens is 2. The van der Waals surface area contributed by atoms with Crippen molar-refractivity contribution in [2.24, 2.45) is 0 Å². The van der Waals surface area contributed by atoms with Crippen molar-refractivity contribution in [2.45, 2.75) is 18.8 Å². The molecule has 0 saturated carbocycles. The Morgan fingerprint density at radius 3 is 2.81 bits per heavy atom. The van der Waals surface area contributed by atoms with E-state index in [9.17, 15) is 0 Å². The van der Waals surface area contributed by atoms with Crippen molar-refractivity contribution in [3.05, 3.63) is 27.6 Å². The minimum absolute atomic E-state index is 0.461. The number of alkyl halides is 1. The lowest BCUT2D eigenvalue weighted by Gasteiger charge is -2.26. The Morgan fingerprint density at radius 2 is 2.05 bits per heavy atom. The van der Waals surface area contributed by atoms with Crippen LogP contribution in [0, 0.1) is 3.57 Å². The standard InChI is InChI=1S/C15H19ClIN3O/c16-11-15-18-13-10-12(17)2-3-14(13)20(15)5-1-4-19-6-8-21-9-7-19/h2-3,10H,1,4-9,11H2. The highest BCUT2D eigenvalue weighted by molar-refractivity contribution is 14.1. The third-order valence-electron chi connectivity index (χ3n) is 3.87. The Morgan fingerprint density at radius 1 is 1.24 bits per heavy atom. The van der Waals surface area contributed by atoms with Crippen LogP contribution in [-0.2, 0) is 17.2 Å². The number of imidazole rings is 1. The van der Waals surface area contributed by atoms with Crippen LogP contribution in [0.15, 0.2) is 18.2 Å². The minimum atomic E-state index is 0.461. The van der Waals surface area contributed by atoms with Gasteiger partial charge in [0.2, 0.25) is 0 Å². The van der Waals surface area contributed by atoms with Crippen molar-refractivity contribution in [3.8, 4) is 0 Å². The summed E-state index contributed by atoms with van der Waals surface area (Å²) in [6, 6.07) is 6.39. The molecule has 1 saturated heterocycles. The lowest BCUT2D eigenvalue weighted by Crippen LogP contribution is -2.37. The molecule has 1 aliphatic rings. The first-order chi connectivity index (χ1) is 10.3. The second kappa shape index (κ2) is 7.26. The molecule has 1 aromatic carbocycles. The van der Waals surface area contributed by atoms with Crippen LogP contribution < -0.4 is 0 Å². The highest BCUT2D eigenvalue weighted by atomic mass is 127. The van der Waals surface area contributed by atoms with E-state index in [1.165, 1.54) is 9.09 Å². The van der Waals surface area contributed by atoms with Gasteiger partial charge in [-0.25, -0.2) is 4.98 Å². The number of aryl methyl sites for hydroxylation is 1. The highest BCUT2D eigenvalue weighted by Gasteiger charge is 2.12. The van der Waals surface area contributed by atoms with Gasteiger partial charge in [-0.3, -0.25) is 4.90 Å². The summed E-state index contributed by atoms with van der Waals surface area (Å²) < 4.78 is 8.85. The van der Waals surface area contributed by atoms with Gasteiger partial charge in [0, 0.05) is 29.7 Å². The maximum absolute atomic E-state index is 6.06. The third-order valence-corrected chi connectivity index (χ3v) is 4.78. The van der Waals surface area contributed by atoms with Gasteiger partial charge >= 0.3 is 0 Å². The van der Waals surface area contributed by atoms with E-state index in [1.807, 2.05) is 0 Å². The summed E-state index contributed by atoms with van der Waals surface area (Å²) in [4.78, 5) is 7.11. The predicted octanol–water partition coefficient (Wildman–Crippen LogP) is 3.10. The van der Waals surface area contributed by atoms with E-state index < -0.39 is 0 Å². The number of hydrogen-bond donors (Lipinski definition) is 0. The molecule has 4 nitrogen and oxygen atoms in total. The average molecular weight is 420 g/mol. The van der Waals surface area contributed by atoms with Crippen molar-refractivity contribution >= 4 is 45.2 Å². The molecule has 0 spiro atoms. The molecular weight excluding hydrogens is 401 g/mol. The van der Waals surface area contributed by atoms with Crippen molar-refractivity contribution in [2.75, 3.05) is 32.8 Å². The number of rotatable bonds is 5. The molecule has 1 aromatic heterocycles. The maximum Gasteiger partial charge on any atom is 0.124 e. The molecular formula is C15H19ClIN3O. The van der Waals surface area contributed by atoms with E-state index in [1.54, 1.807) is 0 Å². The van der Waals surface area contributed by atoms with E-state index >= 15 is 0 Å². The molecule has 3 rings (SSSR count). The lowest BCUT2D eigenvalue weighted by atomic mass is 10.3. The number of benzene rings is 1. The zero-order chi connectivity index (χ0) is 14.7. The smallest absolute Gasteiger partial charge is 0.124 e. The number of ether oxygens (including phenoxy) is 1. The zero-order valence-electron chi connectivity index (χ0n) is 11.9. The Hall–Kier alpha value is -0.370. The van der Waals surface area contributed by atoms with Crippen LogP contribution in [0.4, 0.5) is 0 Å². The van der Waals surface area contributed by atoms with Crippen molar-refractivity contribution < 1.29 is 4.74 Å². The Balaban J connectivity index is 1.70. The molecule has 0 bridgehead atoms. The number of nitrogens with zero attached hydrogens (tertiary/aromatic N) is 3. The third kappa shape index (κ3) is 3.70. The first-order valence-electron chi connectivity index (χ1n) is 7.28. The molecule has 2 heterocycles. The van der Waals surface area contributed by atoms with Gasteiger partial charge < -0.3 is 9.30 Å². The molecule has 0 unspecified atom stereocenters. The van der Waals surface area contributed by atoms with Crippen LogP contribution in [0.5, 0.6) is 0 Å². The average Bonchev–Trinajstić information content (AvgIpc) is 2.85. The van der Waals surface area contributed by atoms with Crippen LogP contribution in [0.2, 0.25) is 0 Å². The summed E-state index contributed by atoms with van der Waals surface area (Å²) in [7, 11) is 0. The van der Waals surface area contributed by atoms with Crippen LogP contribution in [0.3, 0.4) is 0 Å². The van der Waals surface area contributed by atoms with Gasteiger partial charge in [-0.2, -0.15) is 0 Å². The predicted molar refractivity (Wildman–Crippen MR) is 93.9 cm³/mol. The minimum Gasteiger partial charge on any atom is -0.379 e. The molecule has 114 valence electrons. The molecule has 0 N–H and O–H groups in total. The fourth-order valence-electron chi connectivity index (χ4n) is 2.78. The van der Waals surface area contributed by atoms with Crippen LogP contribution in [-0.4, -0.2) is 47.3 Å². The SMILES string of the molecule is ClCc1nc2cc(I)ccc2n1CCCN1CCOCC1. The van der Waals surface area contributed by atoms with Gasteiger partial charge in [-0.15, -0.1) is 11.6 Å². The van der Waals surface area contributed by atoms with E-state index in [-0.39, 0.29) is 0 Å². The largest absolute Gasteiger partial charge is 0.379 e. The first-order valence-corrected chi connectivity index (χ1v) is 8.90. The summed E-state index contributed by atoms with van der Waals surface area (Å²) in [5.41, 5.74) is 2.23. The number of morpholine rings is 1. The Kier molecular flexibility index (Phi) is 5.37. The van der Waals surface area contributed by atoms with E-state index in [0.717, 1.165) is 57.2 Å². The second-order valence-electron chi connectivity index (χ2n) is 5.25. The van der Waals surface area contributed by atoms with Gasteiger partial charge in [0.25, 0.3) is 0 Å². The van der Waals surface area contributed by atoms with Gasteiger partial charge in [-0.1, -0.05) is 0 Å². The summed E-state index contributed by atoms with van der Waals surface area (Å²) >= 11 is 8.38. The summed E-state index contributed by atoms with van der Waals surface area (Å²) in [6.07, 6.45) is 1.11. The lowest BCUT2D eigenvalue weighted by molar-refractivity contribution is 0.0369. The molecule has 2 aromatic rings. The second-order valence-corrected chi connectivity index (χ2v) is 6.77. The Labute approximate surface area is 143 Å². The molecule has 0 aliphatic carbocycles. The fraction of sp³-hybridized carbons (Fsp3) is 0.533. The number of hydrogen-bond acceptors (Lipinski definition) is 3. The van der Waals surface area contributed by atoms with Gasteiger partial charge in [-0.05, 0) is 47.2 Å². The summed E-state index contributed by atoms with van der Waals surface area (Å²) in [5, 5.41) is 0. The van der Waals surface area contributed by atoms with E-state index in [4.69, 9.17) is 16.3 Å². The molecule has 0 radical (unpaired) electrons. The molecule has 0 amide bonds. The first kappa shape index (κ1) is 15.5. The molecule has 0 atom stereocenters. The summed E-state index contributed by atoms with van der Waals surface area (Å²) in [6.45, 7) is 5.89. The molecule has 1 fully saturated rings. The number of fused-ring (bicyclic) bond motifs is 1. The van der Waals surface area contributed by atoms with Gasteiger partial charge in [0.05, 0.1) is 30.1 Å². The molecule has 6 heteroatoms. The highest BCUT2D eigenvalue weighted by Crippen LogP contribution is 2.20. The van der Waals surface area contributed by atoms with Gasteiger partial charge in [0.15, 0.2) is 0 Å². The normalized spacial score (nSPS) is 16.7. The fourth-order valence-corrected chi connectivity index (χ4v) is 3.46. The maximum atomic E-state index is 6.06. The van der Waals surface area contributed by atoms with Gasteiger partial charge in [0.1, 0.15) is 5.82 Å².